The number of piperazine rings is 1. The molecule has 0 aromatic carbocycles. The SMILES string of the molecule is Cc1nnc(-c2cccnc2N2CCN(C(=O)NCC(C)C)CC2)o1. The number of pyridine rings is 1. The average molecular weight is 344 g/mol. The van der Waals surface area contributed by atoms with Crippen LogP contribution in [0.3, 0.4) is 0 Å². The second kappa shape index (κ2) is 7.50. The van der Waals surface area contributed by atoms with Gasteiger partial charge in [-0.05, 0) is 18.1 Å². The molecule has 2 aromatic heterocycles. The number of nitrogens with zero attached hydrogens (tertiary/aromatic N) is 5. The third-order valence-electron chi connectivity index (χ3n) is 4.07. The molecule has 1 fully saturated rings. The van der Waals surface area contributed by atoms with Crippen molar-refractivity contribution in [2.45, 2.75) is 20.8 Å². The van der Waals surface area contributed by atoms with E-state index in [1.165, 1.54) is 0 Å². The summed E-state index contributed by atoms with van der Waals surface area (Å²) in [7, 11) is 0. The summed E-state index contributed by atoms with van der Waals surface area (Å²) in [5.41, 5.74) is 0.820. The molecule has 3 heterocycles. The van der Waals surface area contributed by atoms with E-state index in [9.17, 15) is 4.79 Å². The van der Waals surface area contributed by atoms with Crippen LogP contribution in [0.2, 0.25) is 0 Å². The van der Waals surface area contributed by atoms with E-state index in [0.29, 0.717) is 50.4 Å². The number of aryl methyl sites for hydroxylation is 1. The number of carbonyl (C=O) groups is 1. The van der Waals surface area contributed by atoms with Crippen molar-refractivity contribution in [2.75, 3.05) is 37.6 Å². The molecule has 8 nitrogen and oxygen atoms in total. The van der Waals surface area contributed by atoms with Gasteiger partial charge < -0.3 is 19.5 Å². The number of urea groups is 1. The van der Waals surface area contributed by atoms with Crippen LogP contribution in [0.15, 0.2) is 22.7 Å². The Kier molecular flexibility index (Phi) is 5.16. The number of aromatic nitrogens is 3. The van der Waals surface area contributed by atoms with E-state index in [0.717, 1.165) is 11.4 Å². The minimum atomic E-state index is 0.00196. The first-order valence-electron chi connectivity index (χ1n) is 8.58. The van der Waals surface area contributed by atoms with E-state index in [-0.39, 0.29) is 6.03 Å². The summed E-state index contributed by atoms with van der Waals surface area (Å²) < 4.78 is 5.55. The zero-order chi connectivity index (χ0) is 17.8. The number of hydrogen-bond acceptors (Lipinski definition) is 6. The van der Waals surface area contributed by atoms with E-state index in [2.05, 4.69) is 39.2 Å². The number of rotatable bonds is 4. The molecule has 0 bridgehead atoms. The molecule has 1 aliphatic rings. The average Bonchev–Trinajstić information content (AvgIpc) is 3.06. The van der Waals surface area contributed by atoms with Gasteiger partial charge in [-0.2, -0.15) is 0 Å². The van der Waals surface area contributed by atoms with Gasteiger partial charge in [0.1, 0.15) is 5.82 Å². The third kappa shape index (κ3) is 4.07. The molecule has 0 spiro atoms. The fraction of sp³-hybridized carbons (Fsp3) is 0.529. The molecule has 1 saturated heterocycles. The number of amides is 2. The van der Waals surface area contributed by atoms with E-state index in [1.807, 2.05) is 17.0 Å². The Morgan fingerprint density at radius 2 is 2.04 bits per heavy atom. The van der Waals surface area contributed by atoms with Gasteiger partial charge in [0.25, 0.3) is 5.89 Å². The maximum Gasteiger partial charge on any atom is 0.317 e. The molecule has 25 heavy (non-hydrogen) atoms. The van der Waals surface area contributed by atoms with Gasteiger partial charge in [0.05, 0.1) is 5.56 Å². The number of nitrogens with one attached hydrogen (secondary N) is 1. The molecule has 3 rings (SSSR count). The first-order valence-corrected chi connectivity index (χ1v) is 8.58. The quantitative estimate of drug-likeness (QED) is 0.912. The lowest BCUT2D eigenvalue weighted by atomic mass is 10.2. The lowest BCUT2D eigenvalue weighted by molar-refractivity contribution is 0.193. The Morgan fingerprint density at radius 3 is 2.68 bits per heavy atom. The highest BCUT2D eigenvalue weighted by molar-refractivity contribution is 5.75. The number of hydrogen-bond donors (Lipinski definition) is 1. The van der Waals surface area contributed by atoms with Crippen molar-refractivity contribution >= 4 is 11.8 Å². The molecule has 1 N–H and O–H groups in total. The van der Waals surface area contributed by atoms with Crippen LogP contribution in [0.4, 0.5) is 10.6 Å². The maximum absolute atomic E-state index is 12.2. The van der Waals surface area contributed by atoms with Crippen molar-refractivity contribution in [3.8, 4) is 11.5 Å². The normalized spacial score (nSPS) is 14.9. The van der Waals surface area contributed by atoms with Crippen LogP contribution >= 0.6 is 0 Å². The third-order valence-corrected chi connectivity index (χ3v) is 4.07. The van der Waals surface area contributed by atoms with Crippen LogP contribution in [0.5, 0.6) is 0 Å². The van der Waals surface area contributed by atoms with Crippen LogP contribution in [0, 0.1) is 12.8 Å². The van der Waals surface area contributed by atoms with Gasteiger partial charge in [-0.15, -0.1) is 10.2 Å². The molecule has 134 valence electrons. The summed E-state index contributed by atoms with van der Waals surface area (Å²) in [6.07, 6.45) is 1.75. The monoisotopic (exact) mass is 344 g/mol. The maximum atomic E-state index is 12.2. The highest BCUT2D eigenvalue weighted by Gasteiger charge is 2.24. The van der Waals surface area contributed by atoms with Gasteiger partial charge in [-0.25, -0.2) is 9.78 Å². The predicted molar refractivity (Wildman–Crippen MR) is 94.3 cm³/mol. The molecule has 2 amide bonds. The fourth-order valence-electron chi connectivity index (χ4n) is 2.75. The highest BCUT2D eigenvalue weighted by atomic mass is 16.4. The van der Waals surface area contributed by atoms with Gasteiger partial charge in [-0.3, -0.25) is 0 Å². The molecule has 1 aliphatic heterocycles. The van der Waals surface area contributed by atoms with Crippen LogP contribution in [-0.4, -0.2) is 58.8 Å². The van der Waals surface area contributed by atoms with Crippen molar-refractivity contribution < 1.29 is 9.21 Å². The van der Waals surface area contributed by atoms with Crippen LogP contribution in [0.25, 0.3) is 11.5 Å². The molecular weight excluding hydrogens is 320 g/mol. The molecule has 0 atom stereocenters. The number of anilines is 1. The summed E-state index contributed by atoms with van der Waals surface area (Å²) in [5, 5.41) is 11.0. The Labute approximate surface area is 147 Å². The van der Waals surface area contributed by atoms with Crippen LogP contribution in [-0.2, 0) is 0 Å². The first kappa shape index (κ1) is 17.2. The van der Waals surface area contributed by atoms with E-state index >= 15 is 0 Å². The van der Waals surface area contributed by atoms with E-state index < -0.39 is 0 Å². The summed E-state index contributed by atoms with van der Waals surface area (Å²) in [4.78, 5) is 20.7. The second-order valence-electron chi connectivity index (χ2n) is 6.55. The fourth-order valence-corrected chi connectivity index (χ4v) is 2.75. The van der Waals surface area contributed by atoms with Crippen molar-refractivity contribution in [3.05, 3.63) is 24.2 Å². The molecule has 0 radical (unpaired) electrons. The first-order chi connectivity index (χ1) is 12.0. The molecular formula is C17H24N6O2. The van der Waals surface area contributed by atoms with Gasteiger partial charge in [0, 0.05) is 45.8 Å². The van der Waals surface area contributed by atoms with Crippen molar-refractivity contribution in [1.29, 1.82) is 0 Å². The van der Waals surface area contributed by atoms with E-state index in [4.69, 9.17) is 4.42 Å². The summed E-state index contributed by atoms with van der Waals surface area (Å²) in [5.74, 6) is 2.25. The van der Waals surface area contributed by atoms with Gasteiger partial charge in [0.15, 0.2) is 0 Å². The minimum Gasteiger partial charge on any atom is -0.421 e. The molecule has 2 aromatic rings. The predicted octanol–water partition coefficient (Wildman–Crippen LogP) is 1.93. The summed E-state index contributed by atoms with van der Waals surface area (Å²) >= 11 is 0. The Morgan fingerprint density at radius 1 is 1.28 bits per heavy atom. The van der Waals surface area contributed by atoms with Gasteiger partial charge in [0.2, 0.25) is 5.89 Å². The van der Waals surface area contributed by atoms with Crippen LogP contribution in [0.1, 0.15) is 19.7 Å². The van der Waals surface area contributed by atoms with Crippen LogP contribution < -0.4 is 10.2 Å². The van der Waals surface area contributed by atoms with Crippen molar-refractivity contribution in [2.24, 2.45) is 5.92 Å². The van der Waals surface area contributed by atoms with E-state index in [1.54, 1.807) is 13.1 Å². The Balaban J connectivity index is 1.67. The Hall–Kier alpha value is -2.64. The molecule has 0 unspecified atom stereocenters. The minimum absolute atomic E-state index is 0.00196. The summed E-state index contributed by atoms with van der Waals surface area (Å²) in [6, 6.07) is 3.78. The van der Waals surface area contributed by atoms with Gasteiger partial charge >= 0.3 is 6.03 Å². The highest BCUT2D eigenvalue weighted by Crippen LogP contribution is 2.28. The standard InChI is InChI=1S/C17H24N6O2/c1-12(2)11-19-17(24)23-9-7-22(8-10-23)15-14(5-4-6-18-15)16-21-20-13(3)25-16/h4-6,12H,7-11H2,1-3H3,(H,19,24). The largest absolute Gasteiger partial charge is 0.421 e. The summed E-state index contributed by atoms with van der Waals surface area (Å²) in [6.45, 7) is 9.37. The molecule has 0 saturated carbocycles. The molecule has 8 heteroatoms. The van der Waals surface area contributed by atoms with Crippen molar-refractivity contribution in [3.63, 3.8) is 0 Å². The smallest absolute Gasteiger partial charge is 0.317 e. The number of carbonyl (C=O) groups excluding carboxylic acids is 1. The zero-order valence-corrected chi connectivity index (χ0v) is 14.9. The van der Waals surface area contributed by atoms with Crippen molar-refractivity contribution in [1.82, 2.24) is 25.4 Å². The zero-order valence-electron chi connectivity index (χ0n) is 14.9. The molecule has 0 aliphatic carbocycles. The Bertz CT molecular complexity index is 721. The second-order valence-corrected chi connectivity index (χ2v) is 6.55. The topological polar surface area (TPSA) is 87.4 Å². The lowest BCUT2D eigenvalue weighted by Crippen LogP contribution is -2.52. The van der Waals surface area contributed by atoms with Gasteiger partial charge in [-0.1, -0.05) is 13.8 Å². The lowest BCUT2D eigenvalue weighted by Gasteiger charge is -2.36.